The number of aromatic amines is 2. The van der Waals surface area contributed by atoms with E-state index in [2.05, 4.69) is 93.0 Å². The van der Waals surface area contributed by atoms with Crippen molar-refractivity contribution >= 4 is 18.0 Å². The van der Waals surface area contributed by atoms with Crippen molar-refractivity contribution in [3.8, 4) is 33.6 Å². The molecule has 0 bridgehead atoms. The highest BCUT2D eigenvalue weighted by molar-refractivity contribution is 5.90. The lowest BCUT2D eigenvalue weighted by Gasteiger charge is -2.30. The number of carbonyl (C=O) groups excluding carboxylic acids is 2. The monoisotopic (exact) mass is 691 g/mol. The smallest absolute Gasteiger partial charge is 0.410 e. The molecule has 268 valence electrons. The standard InChI is InChI=1S/C39H49N9O3/c1-24(2)33(46-37-40-18-19-41-37)36(49)47-20-6-8-31(47)34-42-22-29(44-34)27-14-10-25(11-15-27)26-12-16-28(17-13-26)30-23-43-35(45-30)32-9-7-21-48(32)38(50)51-39(3,4)5/h10-17,22-24,31-33H,6-9,18-21H2,1-5H3,(H,42,44)(H,43,45)(H2,40,41,46)/t31-,32-,33-/m0/s1. The number of nitrogens with zero attached hydrogens (tertiary/aromatic N) is 5. The number of nitrogens with one attached hydrogen (secondary N) is 4. The Labute approximate surface area is 299 Å². The summed E-state index contributed by atoms with van der Waals surface area (Å²) in [7, 11) is 0. The normalized spacial score (nSPS) is 19.7. The van der Waals surface area contributed by atoms with Gasteiger partial charge in [-0.05, 0) is 74.6 Å². The Balaban J connectivity index is 0.998. The number of benzene rings is 2. The SMILES string of the molecule is CC(C)[C@H](NC1=NCCN1)C(=O)N1CCC[C@H]1c1ncc(-c2ccc(-c3ccc(-c4cnc([C@@H]5CCCN5C(=O)OC(C)(C)C)[nH]4)cc3)cc2)[nH]1. The number of guanidine groups is 1. The second kappa shape index (κ2) is 14.2. The summed E-state index contributed by atoms with van der Waals surface area (Å²) in [6.45, 7) is 12.7. The minimum Gasteiger partial charge on any atom is -0.444 e. The number of carbonyl (C=O) groups is 2. The molecule has 51 heavy (non-hydrogen) atoms. The molecule has 2 aromatic carbocycles. The van der Waals surface area contributed by atoms with Gasteiger partial charge in [0.25, 0.3) is 0 Å². The molecule has 3 aliphatic heterocycles. The fraction of sp³-hybridized carbons (Fsp3) is 0.462. The van der Waals surface area contributed by atoms with Crippen LogP contribution < -0.4 is 10.6 Å². The van der Waals surface area contributed by atoms with E-state index in [0.717, 1.165) is 84.1 Å². The molecule has 2 aromatic heterocycles. The van der Waals surface area contributed by atoms with Crippen LogP contribution in [0, 0.1) is 5.92 Å². The molecule has 2 amide bonds. The first-order chi connectivity index (χ1) is 24.5. The van der Waals surface area contributed by atoms with Gasteiger partial charge in [-0.25, -0.2) is 14.8 Å². The van der Waals surface area contributed by atoms with E-state index >= 15 is 0 Å². The average molecular weight is 692 g/mol. The molecule has 0 radical (unpaired) electrons. The molecule has 3 atom stereocenters. The fourth-order valence-electron chi connectivity index (χ4n) is 7.23. The molecule has 3 aliphatic rings. The summed E-state index contributed by atoms with van der Waals surface area (Å²) in [5.41, 5.74) is 5.58. The van der Waals surface area contributed by atoms with Crippen molar-refractivity contribution in [3.05, 3.63) is 72.6 Å². The molecule has 12 heteroatoms. The molecule has 0 unspecified atom stereocenters. The van der Waals surface area contributed by atoms with E-state index in [1.54, 1.807) is 4.90 Å². The lowest BCUT2D eigenvalue weighted by Crippen LogP contribution is -2.53. The summed E-state index contributed by atoms with van der Waals surface area (Å²) >= 11 is 0. The van der Waals surface area contributed by atoms with Gasteiger partial charge in [0.2, 0.25) is 5.91 Å². The van der Waals surface area contributed by atoms with Gasteiger partial charge in [0.15, 0.2) is 5.96 Å². The van der Waals surface area contributed by atoms with Gasteiger partial charge in [-0.3, -0.25) is 14.7 Å². The molecule has 7 rings (SSSR count). The molecule has 2 saturated heterocycles. The van der Waals surface area contributed by atoms with Gasteiger partial charge in [-0.2, -0.15) is 0 Å². The Hall–Kier alpha value is -5.13. The molecule has 4 aromatic rings. The number of ether oxygens (including phenoxy) is 1. The summed E-state index contributed by atoms with van der Waals surface area (Å²) in [4.78, 5) is 51.1. The van der Waals surface area contributed by atoms with Crippen LogP contribution in [-0.4, -0.2) is 85.5 Å². The van der Waals surface area contributed by atoms with Gasteiger partial charge in [-0.15, -0.1) is 0 Å². The molecular formula is C39H49N9O3. The summed E-state index contributed by atoms with van der Waals surface area (Å²) in [6, 6.07) is 16.3. The van der Waals surface area contributed by atoms with Crippen molar-refractivity contribution in [2.24, 2.45) is 10.9 Å². The number of aliphatic imine (C=N–C) groups is 1. The highest BCUT2D eigenvalue weighted by atomic mass is 16.6. The number of amides is 2. The average Bonchev–Trinajstić information content (AvgIpc) is 3.95. The van der Waals surface area contributed by atoms with Gasteiger partial charge in [0.1, 0.15) is 23.3 Å². The lowest BCUT2D eigenvalue weighted by atomic mass is 10.0. The molecule has 0 aliphatic carbocycles. The third kappa shape index (κ3) is 7.50. The van der Waals surface area contributed by atoms with Crippen molar-refractivity contribution in [3.63, 3.8) is 0 Å². The van der Waals surface area contributed by atoms with E-state index in [0.29, 0.717) is 19.0 Å². The Morgan fingerprint density at radius 3 is 1.80 bits per heavy atom. The highest BCUT2D eigenvalue weighted by Crippen LogP contribution is 2.35. The first-order valence-corrected chi connectivity index (χ1v) is 18.2. The Morgan fingerprint density at radius 2 is 1.31 bits per heavy atom. The Morgan fingerprint density at radius 1 is 0.804 bits per heavy atom. The largest absolute Gasteiger partial charge is 0.444 e. The third-order valence-corrected chi connectivity index (χ3v) is 9.86. The molecule has 0 spiro atoms. The number of imidazole rings is 2. The van der Waals surface area contributed by atoms with Crippen LogP contribution in [0.25, 0.3) is 33.6 Å². The number of hydrogen-bond donors (Lipinski definition) is 4. The van der Waals surface area contributed by atoms with E-state index in [4.69, 9.17) is 9.72 Å². The van der Waals surface area contributed by atoms with Crippen LogP contribution in [0.2, 0.25) is 0 Å². The molecule has 2 fully saturated rings. The van der Waals surface area contributed by atoms with Gasteiger partial charge in [-0.1, -0.05) is 62.4 Å². The predicted octanol–water partition coefficient (Wildman–Crippen LogP) is 6.44. The maximum absolute atomic E-state index is 13.8. The minimum absolute atomic E-state index is 0.0846. The third-order valence-electron chi connectivity index (χ3n) is 9.86. The topological polar surface area (TPSA) is 144 Å². The van der Waals surface area contributed by atoms with E-state index in [1.807, 2.05) is 38.1 Å². The summed E-state index contributed by atoms with van der Waals surface area (Å²) in [6.07, 6.45) is 7.00. The van der Waals surface area contributed by atoms with E-state index in [1.165, 1.54) is 0 Å². The summed E-state index contributed by atoms with van der Waals surface area (Å²) < 4.78 is 5.64. The van der Waals surface area contributed by atoms with Gasteiger partial charge >= 0.3 is 6.09 Å². The van der Waals surface area contributed by atoms with Crippen LogP contribution >= 0.6 is 0 Å². The first-order valence-electron chi connectivity index (χ1n) is 18.2. The van der Waals surface area contributed by atoms with E-state index in [-0.39, 0.29) is 36.0 Å². The minimum atomic E-state index is -0.539. The van der Waals surface area contributed by atoms with Crippen molar-refractivity contribution < 1.29 is 14.3 Å². The zero-order valence-corrected chi connectivity index (χ0v) is 30.2. The van der Waals surface area contributed by atoms with Gasteiger partial charge < -0.3 is 30.2 Å². The number of H-pyrrole nitrogens is 2. The maximum atomic E-state index is 13.8. The number of likely N-dealkylation sites (tertiary alicyclic amines) is 2. The molecular weight excluding hydrogens is 642 g/mol. The van der Waals surface area contributed by atoms with Gasteiger partial charge in [0.05, 0.1) is 42.4 Å². The van der Waals surface area contributed by atoms with Crippen LogP contribution in [0.4, 0.5) is 4.79 Å². The predicted molar refractivity (Wildman–Crippen MR) is 198 cm³/mol. The summed E-state index contributed by atoms with van der Waals surface area (Å²) in [5.74, 6) is 2.51. The molecule has 0 saturated carbocycles. The van der Waals surface area contributed by atoms with Crippen LogP contribution in [0.15, 0.2) is 65.9 Å². The van der Waals surface area contributed by atoms with Crippen LogP contribution in [0.5, 0.6) is 0 Å². The second-order valence-corrected chi connectivity index (χ2v) is 15.1. The zero-order chi connectivity index (χ0) is 35.7. The van der Waals surface area contributed by atoms with E-state index < -0.39 is 5.60 Å². The van der Waals surface area contributed by atoms with E-state index in [9.17, 15) is 9.59 Å². The quantitative estimate of drug-likeness (QED) is 0.167. The Bertz CT molecular complexity index is 1870. The van der Waals surface area contributed by atoms with Crippen molar-refractivity contribution in [1.29, 1.82) is 0 Å². The number of rotatable bonds is 8. The summed E-state index contributed by atoms with van der Waals surface area (Å²) in [5, 5.41) is 6.57. The number of hydrogen-bond acceptors (Lipinski definition) is 8. The first kappa shape index (κ1) is 34.3. The fourth-order valence-corrected chi connectivity index (χ4v) is 7.23. The zero-order valence-electron chi connectivity index (χ0n) is 30.2. The molecule has 4 N–H and O–H groups in total. The van der Waals surface area contributed by atoms with Crippen molar-refractivity contribution in [2.45, 2.75) is 84.0 Å². The maximum Gasteiger partial charge on any atom is 0.410 e. The van der Waals surface area contributed by atoms with Crippen molar-refractivity contribution in [2.75, 3.05) is 26.2 Å². The van der Waals surface area contributed by atoms with Crippen molar-refractivity contribution in [1.82, 2.24) is 40.4 Å². The molecule has 12 nitrogen and oxygen atoms in total. The van der Waals surface area contributed by atoms with Crippen LogP contribution in [0.1, 0.15) is 84.0 Å². The molecule has 5 heterocycles. The Kier molecular flexibility index (Phi) is 9.58. The van der Waals surface area contributed by atoms with Gasteiger partial charge in [0, 0.05) is 19.6 Å². The number of aromatic nitrogens is 4. The highest BCUT2D eigenvalue weighted by Gasteiger charge is 2.38. The van der Waals surface area contributed by atoms with Crippen LogP contribution in [0.3, 0.4) is 0 Å². The second-order valence-electron chi connectivity index (χ2n) is 15.1. The lowest BCUT2D eigenvalue weighted by molar-refractivity contribution is -0.135. The van der Waals surface area contributed by atoms with Crippen LogP contribution in [-0.2, 0) is 9.53 Å².